The van der Waals surface area contributed by atoms with E-state index in [1.807, 2.05) is 13.0 Å². The lowest BCUT2D eigenvalue weighted by atomic mass is 9.90. The summed E-state index contributed by atoms with van der Waals surface area (Å²) >= 11 is 0. The Morgan fingerprint density at radius 2 is 2.14 bits per heavy atom. The van der Waals surface area contributed by atoms with E-state index in [1.54, 1.807) is 11.0 Å². The Kier molecular flexibility index (Phi) is 4.71. The van der Waals surface area contributed by atoms with Crippen LogP contribution in [0, 0.1) is 5.92 Å². The summed E-state index contributed by atoms with van der Waals surface area (Å²) in [4.78, 5) is 14.2. The Morgan fingerprint density at radius 1 is 1.50 bits per heavy atom. The fourth-order valence-electron chi connectivity index (χ4n) is 2.68. The van der Waals surface area contributed by atoms with Gasteiger partial charge in [-0.25, -0.2) is 0 Å². The number of carbonyl (C=O) groups excluding carboxylic acids is 1. The Balaban J connectivity index is 2.05. The zero-order valence-corrected chi connectivity index (χ0v) is 15.7. The average molecular weight is 324 g/mol. The molecule has 0 aromatic heterocycles. The van der Waals surface area contributed by atoms with E-state index in [0.717, 1.165) is 5.57 Å². The molecule has 0 saturated carbocycles. The van der Waals surface area contributed by atoms with Crippen LogP contribution < -0.4 is 0 Å². The molecular weight excluding hydrogens is 294 g/mol. The van der Waals surface area contributed by atoms with E-state index in [2.05, 4.69) is 40.4 Å². The molecule has 2 rings (SSSR count). The van der Waals surface area contributed by atoms with Gasteiger partial charge in [-0.2, -0.15) is 0 Å². The summed E-state index contributed by atoms with van der Waals surface area (Å²) in [6.45, 7) is 18.0. The molecule has 22 heavy (non-hydrogen) atoms. The topological polar surface area (TPSA) is 38.8 Å². The standard InChI is InChI=1S/C17H29NO3Si/c1-8-13-9-10-18-15(19)14(16(18)20-11-13)12(2)21-22(6,7)17(3,4)5/h8-9,12,14,16H,1,10-11H2,2-7H3/t12-,14+,16-/m1/s1. The first-order valence-electron chi connectivity index (χ1n) is 8.00. The van der Waals surface area contributed by atoms with Gasteiger partial charge in [-0.15, -0.1) is 0 Å². The predicted octanol–water partition coefficient (Wildman–Crippen LogP) is 3.32. The molecule has 0 radical (unpaired) electrons. The van der Waals surface area contributed by atoms with E-state index in [9.17, 15) is 4.79 Å². The van der Waals surface area contributed by atoms with Gasteiger partial charge in [0, 0.05) is 6.54 Å². The van der Waals surface area contributed by atoms with Crippen LogP contribution in [0.25, 0.3) is 0 Å². The van der Waals surface area contributed by atoms with Crippen LogP contribution in [0.5, 0.6) is 0 Å². The van der Waals surface area contributed by atoms with Gasteiger partial charge < -0.3 is 14.1 Å². The molecule has 0 unspecified atom stereocenters. The van der Waals surface area contributed by atoms with Crippen LogP contribution in [0.15, 0.2) is 24.3 Å². The zero-order valence-electron chi connectivity index (χ0n) is 14.7. The normalized spacial score (nSPS) is 27.5. The van der Waals surface area contributed by atoms with Gasteiger partial charge in [0.15, 0.2) is 8.32 Å². The number of hydrogen-bond acceptors (Lipinski definition) is 3. The lowest BCUT2D eigenvalue weighted by Gasteiger charge is -2.49. The Bertz CT molecular complexity index is 493. The fourth-order valence-corrected chi connectivity index (χ4v) is 4.11. The van der Waals surface area contributed by atoms with Crippen LogP contribution in [0.3, 0.4) is 0 Å². The molecule has 1 fully saturated rings. The molecule has 0 aromatic rings. The summed E-state index contributed by atoms with van der Waals surface area (Å²) < 4.78 is 12.3. The van der Waals surface area contributed by atoms with Gasteiger partial charge in [0.25, 0.3) is 0 Å². The van der Waals surface area contributed by atoms with Crippen molar-refractivity contribution in [3.8, 4) is 0 Å². The van der Waals surface area contributed by atoms with Crippen molar-refractivity contribution in [1.82, 2.24) is 4.90 Å². The summed E-state index contributed by atoms with van der Waals surface area (Å²) in [7, 11) is -1.89. The first kappa shape index (κ1) is 17.4. The van der Waals surface area contributed by atoms with Crippen LogP contribution in [0.1, 0.15) is 27.7 Å². The van der Waals surface area contributed by atoms with E-state index in [4.69, 9.17) is 9.16 Å². The van der Waals surface area contributed by atoms with Gasteiger partial charge >= 0.3 is 0 Å². The second kappa shape index (κ2) is 5.94. The maximum atomic E-state index is 12.4. The number of nitrogens with zero attached hydrogens (tertiary/aromatic N) is 1. The molecule has 0 spiro atoms. The number of β-lactam (4-membered cyclic amide) rings is 1. The van der Waals surface area contributed by atoms with Crippen LogP contribution in [0.2, 0.25) is 18.1 Å². The molecule has 0 N–H and O–H groups in total. The summed E-state index contributed by atoms with van der Waals surface area (Å²) in [6, 6.07) is 0. The molecule has 0 aromatic carbocycles. The van der Waals surface area contributed by atoms with E-state index in [-0.39, 0.29) is 29.2 Å². The minimum atomic E-state index is -1.89. The summed E-state index contributed by atoms with van der Waals surface area (Å²) in [5, 5.41) is 0.135. The number of hydrogen-bond donors (Lipinski definition) is 0. The monoisotopic (exact) mass is 323 g/mol. The van der Waals surface area contributed by atoms with Gasteiger partial charge in [0.1, 0.15) is 12.1 Å². The van der Waals surface area contributed by atoms with E-state index < -0.39 is 8.32 Å². The minimum absolute atomic E-state index is 0.111. The van der Waals surface area contributed by atoms with E-state index >= 15 is 0 Å². The van der Waals surface area contributed by atoms with Crippen LogP contribution in [0.4, 0.5) is 0 Å². The maximum Gasteiger partial charge on any atom is 0.235 e. The number of rotatable bonds is 4. The second-order valence-corrected chi connectivity index (χ2v) is 12.5. The first-order valence-corrected chi connectivity index (χ1v) is 10.9. The molecule has 2 heterocycles. The molecule has 5 heteroatoms. The van der Waals surface area contributed by atoms with Gasteiger partial charge in [-0.05, 0) is 30.6 Å². The molecule has 1 saturated heterocycles. The van der Waals surface area contributed by atoms with E-state index in [1.165, 1.54) is 0 Å². The van der Waals surface area contributed by atoms with Crippen molar-refractivity contribution < 1.29 is 14.0 Å². The molecule has 124 valence electrons. The van der Waals surface area contributed by atoms with Crippen molar-refractivity contribution in [2.24, 2.45) is 5.92 Å². The molecule has 0 bridgehead atoms. The third-order valence-electron chi connectivity index (χ3n) is 5.21. The highest BCUT2D eigenvalue weighted by Gasteiger charge is 2.53. The summed E-state index contributed by atoms with van der Waals surface area (Å²) in [5.74, 6) is -0.0514. The smallest absolute Gasteiger partial charge is 0.235 e. The lowest BCUT2D eigenvalue weighted by Crippen LogP contribution is -2.66. The minimum Gasteiger partial charge on any atom is -0.413 e. The first-order chi connectivity index (χ1) is 10.1. The van der Waals surface area contributed by atoms with Gasteiger partial charge in [0.05, 0.1) is 12.7 Å². The van der Waals surface area contributed by atoms with Crippen LogP contribution in [-0.4, -0.2) is 44.6 Å². The van der Waals surface area contributed by atoms with Gasteiger partial charge in [-0.3, -0.25) is 4.79 Å². The van der Waals surface area contributed by atoms with Crippen molar-refractivity contribution in [1.29, 1.82) is 0 Å². The largest absolute Gasteiger partial charge is 0.413 e. The molecule has 2 aliphatic rings. The van der Waals surface area contributed by atoms with Gasteiger partial charge in [0.2, 0.25) is 5.91 Å². The predicted molar refractivity (Wildman–Crippen MR) is 91.0 cm³/mol. The van der Waals surface area contributed by atoms with Crippen molar-refractivity contribution in [2.75, 3.05) is 13.2 Å². The second-order valence-electron chi connectivity index (χ2n) is 7.78. The Hall–Kier alpha value is -0.913. The lowest BCUT2D eigenvalue weighted by molar-refractivity contribution is -0.198. The van der Waals surface area contributed by atoms with Gasteiger partial charge in [-0.1, -0.05) is 39.5 Å². The molecule has 4 nitrogen and oxygen atoms in total. The number of amides is 1. The molecule has 1 amide bonds. The average Bonchev–Trinajstić information content (AvgIpc) is 2.56. The van der Waals surface area contributed by atoms with Crippen molar-refractivity contribution in [2.45, 2.75) is 58.2 Å². The van der Waals surface area contributed by atoms with Crippen molar-refractivity contribution >= 4 is 14.2 Å². The molecule has 0 aliphatic carbocycles. The number of carbonyl (C=O) groups is 1. The maximum absolute atomic E-state index is 12.4. The number of ether oxygens (including phenoxy) is 1. The van der Waals surface area contributed by atoms with Crippen molar-refractivity contribution in [3.05, 3.63) is 24.3 Å². The van der Waals surface area contributed by atoms with Crippen molar-refractivity contribution in [3.63, 3.8) is 0 Å². The quantitative estimate of drug-likeness (QED) is 0.588. The SMILES string of the molecule is C=CC1=CCN2C(=O)[C@H]([C@@H](C)O[Si](C)(C)C(C)(C)C)[C@H]2OC1. The Morgan fingerprint density at radius 3 is 2.68 bits per heavy atom. The highest BCUT2D eigenvalue weighted by Crippen LogP contribution is 2.41. The van der Waals surface area contributed by atoms with Crippen LogP contribution >= 0.6 is 0 Å². The highest BCUT2D eigenvalue weighted by molar-refractivity contribution is 6.74. The summed E-state index contributed by atoms with van der Waals surface area (Å²) in [5.41, 5.74) is 1.04. The van der Waals surface area contributed by atoms with Crippen LogP contribution in [-0.2, 0) is 14.0 Å². The molecule has 3 atom stereocenters. The number of fused-ring (bicyclic) bond motifs is 1. The molecular formula is C17H29NO3Si. The zero-order chi connectivity index (χ0) is 16.7. The Labute approximate surface area is 135 Å². The third kappa shape index (κ3) is 3.07. The molecule has 2 aliphatic heterocycles. The highest BCUT2D eigenvalue weighted by atomic mass is 28.4. The third-order valence-corrected chi connectivity index (χ3v) is 9.78. The summed E-state index contributed by atoms with van der Waals surface area (Å²) in [6.07, 6.45) is 3.53. The fraction of sp³-hybridized carbons (Fsp3) is 0.706. The van der Waals surface area contributed by atoms with E-state index in [0.29, 0.717) is 13.2 Å².